The minimum absolute atomic E-state index is 0.0596. The third kappa shape index (κ3) is 3.78. The summed E-state index contributed by atoms with van der Waals surface area (Å²) in [4.78, 5) is 10.2. The Morgan fingerprint density at radius 1 is 1.19 bits per heavy atom. The summed E-state index contributed by atoms with van der Waals surface area (Å²) < 4.78 is 29.1. The number of non-ortho nitro benzene ring substituents is 1. The van der Waals surface area contributed by atoms with Crippen molar-refractivity contribution >= 4 is 21.5 Å². The van der Waals surface area contributed by atoms with Gasteiger partial charge < -0.3 is 0 Å². The second-order valence-corrected chi connectivity index (χ2v) is 7.28. The highest BCUT2D eigenvalue weighted by Crippen LogP contribution is 2.23. The number of aryl methyl sites for hydroxylation is 1. The van der Waals surface area contributed by atoms with Gasteiger partial charge in [-0.05, 0) is 37.3 Å². The van der Waals surface area contributed by atoms with Crippen LogP contribution in [0.1, 0.15) is 11.3 Å². The summed E-state index contributed by atoms with van der Waals surface area (Å²) in [5.74, 6) is 0.170. The Morgan fingerprint density at radius 3 is 2.52 bits per heavy atom. The van der Waals surface area contributed by atoms with Crippen molar-refractivity contribution in [2.45, 2.75) is 11.8 Å². The minimum atomic E-state index is -3.95. The number of rotatable bonds is 5. The third-order valence-electron chi connectivity index (χ3n) is 3.65. The minimum Gasteiger partial charge on any atom is -0.263 e. The number of hydrogen-bond acceptors (Lipinski definition) is 6. The molecule has 0 fully saturated rings. The highest BCUT2D eigenvalue weighted by molar-refractivity contribution is 7.92. The summed E-state index contributed by atoms with van der Waals surface area (Å²) in [6.07, 6.45) is 0. The number of benzene rings is 2. The summed E-state index contributed by atoms with van der Waals surface area (Å²) in [7, 11) is -3.95. The maximum Gasteiger partial charge on any atom is 0.269 e. The monoisotopic (exact) mass is 383 g/mol. The molecule has 0 bridgehead atoms. The standard InChI is InChI=1S/C17H13N5O4S/c1-12-9-17(20-27(25,26)16-4-2-3-13(10-16)11-18)21(19-12)14-5-7-15(8-6-14)22(23)24/h2-10,20H,1H3. The van der Waals surface area contributed by atoms with E-state index in [1.807, 2.05) is 6.07 Å². The Labute approximate surface area is 154 Å². The van der Waals surface area contributed by atoms with Crippen molar-refractivity contribution in [1.29, 1.82) is 5.26 Å². The molecule has 0 aliphatic carbocycles. The number of anilines is 1. The molecule has 27 heavy (non-hydrogen) atoms. The van der Waals surface area contributed by atoms with Gasteiger partial charge in [-0.15, -0.1) is 0 Å². The van der Waals surface area contributed by atoms with Gasteiger partial charge in [0, 0.05) is 18.2 Å². The average molecular weight is 383 g/mol. The summed E-state index contributed by atoms with van der Waals surface area (Å²) >= 11 is 0. The topological polar surface area (TPSA) is 131 Å². The molecule has 0 spiro atoms. The number of nitriles is 1. The SMILES string of the molecule is Cc1cc(NS(=O)(=O)c2cccc(C#N)c2)n(-c2ccc([N+](=O)[O-])cc2)n1. The van der Waals surface area contributed by atoms with Gasteiger partial charge in [0.25, 0.3) is 15.7 Å². The summed E-state index contributed by atoms with van der Waals surface area (Å²) in [5, 5.41) is 24.0. The highest BCUT2D eigenvalue weighted by atomic mass is 32.2. The summed E-state index contributed by atoms with van der Waals surface area (Å²) in [5.41, 5.74) is 1.14. The third-order valence-corrected chi connectivity index (χ3v) is 5.00. The Morgan fingerprint density at radius 2 is 1.89 bits per heavy atom. The van der Waals surface area contributed by atoms with Crippen LogP contribution >= 0.6 is 0 Å². The fourth-order valence-electron chi connectivity index (χ4n) is 2.41. The molecule has 0 saturated carbocycles. The number of nitro benzene ring substituents is 1. The first-order valence-electron chi connectivity index (χ1n) is 7.64. The molecule has 1 N–H and O–H groups in total. The molecule has 0 saturated heterocycles. The van der Waals surface area contributed by atoms with Crippen LogP contribution in [0.25, 0.3) is 5.69 Å². The van der Waals surface area contributed by atoms with Gasteiger partial charge in [0.2, 0.25) is 0 Å². The molecule has 3 rings (SSSR count). The van der Waals surface area contributed by atoms with Crippen LogP contribution in [0, 0.1) is 28.4 Å². The molecule has 0 radical (unpaired) electrons. The zero-order chi connectivity index (χ0) is 19.6. The Hall–Kier alpha value is -3.71. The molecule has 1 heterocycles. The molecule has 136 valence electrons. The molecule has 0 aliphatic rings. The zero-order valence-corrected chi connectivity index (χ0v) is 14.8. The van der Waals surface area contributed by atoms with Crippen LogP contribution in [0.4, 0.5) is 11.5 Å². The number of nitrogens with one attached hydrogen (secondary N) is 1. The molecule has 2 aromatic carbocycles. The van der Waals surface area contributed by atoms with Gasteiger partial charge in [0.15, 0.2) is 0 Å². The van der Waals surface area contributed by atoms with Crippen LogP contribution < -0.4 is 4.72 Å². The van der Waals surface area contributed by atoms with Gasteiger partial charge in [0.05, 0.1) is 32.8 Å². The molecule has 3 aromatic rings. The number of nitrogens with zero attached hydrogens (tertiary/aromatic N) is 4. The van der Waals surface area contributed by atoms with Gasteiger partial charge in [-0.1, -0.05) is 6.07 Å². The summed E-state index contributed by atoms with van der Waals surface area (Å²) in [6.45, 7) is 1.69. The van der Waals surface area contributed by atoms with E-state index in [1.165, 1.54) is 59.3 Å². The van der Waals surface area contributed by atoms with Crippen molar-refractivity contribution in [2.24, 2.45) is 0 Å². The van der Waals surface area contributed by atoms with Crippen LogP contribution in [0.3, 0.4) is 0 Å². The van der Waals surface area contributed by atoms with Crippen LogP contribution in [0.15, 0.2) is 59.5 Å². The first kappa shape index (κ1) is 18.1. The molecule has 0 atom stereocenters. The van der Waals surface area contributed by atoms with Crippen LogP contribution in [0.5, 0.6) is 0 Å². The molecule has 10 heteroatoms. The highest BCUT2D eigenvalue weighted by Gasteiger charge is 2.19. The van der Waals surface area contributed by atoms with Crippen LogP contribution in [-0.4, -0.2) is 23.1 Å². The van der Waals surface area contributed by atoms with E-state index in [4.69, 9.17) is 5.26 Å². The lowest BCUT2D eigenvalue weighted by Gasteiger charge is -2.10. The Kier molecular flexibility index (Phi) is 4.62. The van der Waals surface area contributed by atoms with E-state index in [0.29, 0.717) is 11.4 Å². The number of hydrogen-bond donors (Lipinski definition) is 1. The van der Waals surface area contributed by atoms with Gasteiger partial charge in [-0.25, -0.2) is 13.1 Å². The Balaban J connectivity index is 1.98. The lowest BCUT2D eigenvalue weighted by Crippen LogP contribution is -2.16. The molecular weight excluding hydrogens is 370 g/mol. The fraction of sp³-hybridized carbons (Fsp3) is 0.0588. The maximum atomic E-state index is 12.7. The molecule has 0 unspecified atom stereocenters. The van der Waals surface area contributed by atoms with E-state index in [-0.39, 0.29) is 22.0 Å². The van der Waals surface area contributed by atoms with E-state index in [0.717, 1.165) is 0 Å². The number of aromatic nitrogens is 2. The van der Waals surface area contributed by atoms with Crippen molar-refractivity contribution in [3.05, 3.63) is 76.0 Å². The quantitative estimate of drug-likeness (QED) is 0.532. The van der Waals surface area contributed by atoms with Crippen molar-refractivity contribution < 1.29 is 13.3 Å². The van der Waals surface area contributed by atoms with E-state index < -0.39 is 14.9 Å². The summed E-state index contributed by atoms with van der Waals surface area (Å²) in [6, 6.07) is 14.6. The van der Waals surface area contributed by atoms with Crippen molar-refractivity contribution in [3.8, 4) is 11.8 Å². The second kappa shape index (κ2) is 6.89. The van der Waals surface area contributed by atoms with Gasteiger partial charge in [-0.2, -0.15) is 10.4 Å². The van der Waals surface area contributed by atoms with Crippen molar-refractivity contribution in [3.63, 3.8) is 0 Å². The van der Waals surface area contributed by atoms with E-state index in [1.54, 1.807) is 6.92 Å². The first-order chi connectivity index (χ1) is 12.8. The zero-order valence-electron chi connectivity index (χ0n) is 14.0. The number of sulfonamides is 1. The molecule has 0 aliphatic heterocycles. The first-order valence-corrected chi connectivity index (χ1v) is 9.13. The van der Waals surface area contributed by atoms with Gasteiger partial charge in [0.1, 0.15) is 5.82 Å². The van der Waals surface area contributed by atoms with E-state index in [2.05, 4.69) is 9.82 Å². The Bertz CT molecular complexity index is 1160. The lowest BCUT2D eigenvalue weighted by molar-refractivity contribution is -0.384. The molecule has 0 amide bonds. The number of nitro groups is 1. The van der Waals surface area contributed by atoms with Gasteiger partial charge in [-0.3, -0.25) is 14.8 Å². The van der Waals surface area contributed by atoms with Gasteiger partial charge >= 0.3 is 0 Å². The largest absolute Gasteiger partial charge is 0.269 e. The predicted octanol–water partition coefficient (Wildman–Crippen LogP) is 2.76. The van der Waals surface area contributed by atoms with Crippen molar-refractivity contribution in [2.75, 3.05) is 4.72 Å². The fourth-order valence-corrected chi connectivity index (χ4v) is 3.49. The molecule has 1 aromatic heterocycles. The lowest BCUT2D eigenvalue weighted by atomic mass is 10.2. The molecular formula is C17H13N5O4S. The smallest absolute Gasteiger partial charge is 0.263 e. The van der Waals surface area contributed by atoms with Crippen LogP contribution in [-0.2, 0) is 10.0 Å². The van der Waals surface area contributed by atoms with E-state index in [9.17, 15) is 18.5 Å². The average Bonchev–Trinajstić information content (AvgIpc) is 3.01. The van der Waals surface area contributed by atoms with E-state index >= 15 is 0 Å². The molecule has 9 nitrogen and oxygen atoms in total. The predicted molar refractivity (Wildman–Crippen MR) is 96.9 cm³/mol. The maximum absolute atomic E-state index is 12.7. The van der Waals surface area contributed by atoms with Crippen molar-refractivity contribution in [1.82, 2.24) is 9.78 Å². The second-order valence-electron chi connectivity index (χ2n) is 5.60. The normalized spacial score (nSPS) is 11.0. The van der Waals surface area contributed by atoms with Crippen LogP contribution in [0.2, 0.25) is 0 Å².